The highest BCUT2D eigenvalue weighted by atomic mass is 16.5. The molecule has 0 unspecified atom stereocenters. The van der Waals surface area contributed by atoms with Crippen molar-refractivity contribution in [2.75, 3.05) is 19.0 Å². The standard InChI is InChI=1S/C24H29N3O3/c1-4-5-9-14-25-23-24(29-3)27-22(17(2)26-23)20-13-12-19(28)15-21(20)30-16-18-10-7-6-8-11-18/h6-8,10-13,15,28H,4-5,9,14,16H2,1-3H3,(H,25,26). The van der Waals surface area contributed by atoms with Crippen LogP contribution < -0.4 is 14.8 Å². The van der Waals surface area contributed by atoms with Crippen molar-refractivity contribution in [1.82, 2.24) is 9.97 Å². The number of ether oxygens (including phenoxy) is 2. The number of methoxy groups -OCH3 is 1. The Bertz CT molecular complexity index is 961. The van der Waals surface area contributed by atoms with Gasteiger partial charge in [0.1, 0.15) is 18.1 Å². The van der Waals surface area contributed by atoms with Gasteiger partial charge in [0.2, 0.25) is 0 Å². The third-order valence-electron chi connectivity index (χ3n) is 4.76. The lowest BCUT2D eigenvalue weighted by Gasteiger charge is -2.16. The highest BCUT2D eigenvalue weighted by Gasteiger charge is 2.17. The molecule has 0 saturated carbocycles. The van der Waals surface area contributed by atoms with Crippen LogP contribution in [0.4, 0.5) is 5.82 Å². The molecule has 0 bridgehead atoms. The number of phenolic OH excluding ortho intramolecular Hbond substituents is 1. The number of hydrogen-bond donors (Lipinski definition) is 2. The van der Waals surface area contributed by atoms with Crippen LogP contribution in [0.3, 0.4) is 0 Å². The van der Waals surface area contributed by atoms with Crippen LogP contribution in [0.25, 0.3) is 11.3 Å². The Balaban J connectivity index is 1.88. The Labute approximate surface area is 177 Å². The monoisotopic (exact) mass is 407 g/mol. The first-order chi connectivity index (χ1) is 14.6. The molecule has 0 spiro atoms. The Hall–Kier alpha value is -3.28. The van der Waals surface area contributed by atoms with Crippen molar-refractivity contribution >= 4 is 5.82 Å². The van der Waals surface area contributed by atoms with Crippen LogP contribution in [0.1, 0.15) is 37.4 Å². The van der Waals surface area contributed by atoms with Crippen LogP contribution in [0.5, 0.6) is 17.4 Å². The lowest BCUT2D eigenvalue weighted by Crippen LogP contribution is -2.08. The van der Waals surface area contributed by atoms with E-state index in [1.165, 1.54) is 0 Å². The Morgan fingerprint density at radius 3 is 2.57 bits per heavy atom. The average Bonchev–Trinajstić information content (AvgIpc) is 2.76. The number of nitrogens with zero attached hydrogens (tertiary/aromatic N) is 2. The lowest BCUT2D eigenvalue weighted by molar-refractivity contribution is 0.305. The second kappa shape index (κ2) is 10.5. The summed E-state index contributed by atoms with van der Waals surface area (Å²) in [6.45, 7) is 5.29. The van der Waals surface area contributed by atoms with E-state index >= 15 is 0 Å². The summed E-state index contributed by atoms with van der Waals surface area (Å²) in [6, 6.07) is 14.9. The first-order valence-electron chi connectivity index (χ1n) is 10.3. The van der Waals surface area contributed by atoms with Crippen LogP contribution in [-0.4, -0.2) is 28.7 Å². The summed E-state index contributed by atoms with van der Waals surface area (Å²) < 4.78 is 11.5. The molecule has 2 N–H and O–H groups in total. The molecule has 158 valence electrons. The third-order valence-corrected chi connectivity index (χ3v) is 4.76. The minimum atomic E-state index is 0.133. The predicted octanol–water partition coefficient (Wildman–Crippen LogP) is 5.35. The molecule has 0 fully saturated rings. The quantitative estimate of drug-likeness (QED) is 0.441. The van der Waals surface area contributed by atoms with Crippen LogP contribution in [0.15, 0.2) is 48.5 Å². The van der Waals surface area contributed by atoms with Crippen molar-refractivity contribution < 1.29 is 14.6 Å². The molecule has 1 aromatic heterocycles. The number of hydrogen-bond acceptors (Lipinski definition) is 6. The van der Waals surface area contributed by atoms with E-state index in [0.717, 1.165) is 42.6 Å². The second-order valence-electron chi connectivity index (χ2n) is 7.10. The summed E-state index contributed by atoms with van der Waals surface area (Å²) in [5.41, 5.74) is 3.21. The number of nitrogens with one attached hydrogen (secondary N) is 1. The SMILES string of the molecule is CCCCCNc1nc(C)c(-c2ccc(O)cc2OCc2ccccc2)nc1OC. The zero-order valence-corrected chi connectivity index (χ0v) is 17.8. The van der Waals surface area contributed by atoms with Crippen LogP contribution in [-0.2, 0) is 6.61 Å². The van der Waals surface area contributed by atoms with Gasteiger partial charge in [0.05, 0.1) is 18.5 Å². The third kappa shape index (κ3) is 5.41. The number of aromatic hydroxyl groups is 1. The van der Waals surface area contributed by atoms with E-state index in [-0.39, 0.29) is 5.75 Å². The van der Waals surface area contributed by atoms with Gasteiger partial charge in [-0.2, -0.15) is 0 Å². The Morgan fingerprint density at radius 1 is 1.03 bits per heavy atom. The number of benzene rings is 2. The van der Waals surface area contributed by atoms with Crippen molar-refractivity contribution in [2.24, 2.45) is 0 Å². The zero-order valence-electron chi connectivity index (χ0n) is 17.8. The van der Waals surface area contributed by atoms with Gasteiger partial charge in [0, 0.05) is 18.2 Å². The molecule has 0 saturated heterocycles. The molecule has 6 nitrogen and oxygen atoms in total. The van der Waals surface area contributed by atoms with Gasteiger partial charge in [-0.05, 0) is 31.0 Å². The van der Waals surface area contributed by atoms with Crippen molar-refractivity contribution in [2.45, 2.75) is 39.7 Å². The molecule has 1 heterocycles. The fourth-order valence-electron chi connectivity index (χ4n) is 3.16. The molecule has 0 atom stereocenters. The summed E-state index contributed by atoms with van der Waals surface area (Å²) in [5, 5.41) is 13.3. The first-order valence-corrected chi connectivity index (χ1v) is 10.3. The summed E-state index contributed by atoms with van der Waals surface area (Å²) in [5.74, 6) is 1.75. The van der Waals surface area contributed by atoms with Gasteiger partial charge >= 0.3 is 0 Å². The van der Waals surface area contributed by atoms with Crippen LogP contribution in [0, 0.1) is 6.92 Å². The molecule has 0 aliphatic heterocycles. The molecule has 0 aliphatic rings. The molecule has 0 aliphatic carbocycles. The summed E-state index contributed by atoms with van der Waals surface area (Å²) in [4.78, 5) is 9.38. The maximum Gasteiger partial charge on any atom is 0.257 e. The van der Waals surface area contributed by atoms with E-state index in [1.807, 2.05) is 37.3 Å². The van der Waals surface area contributed by atoms with E-state index in [1.54, 1.807) is 25.3 Å². The lowest BCUT2D eigenvalue weighted by atomic mass is 10.1. The molecule has 30 heavy (non-hydrogen) atoms. The highest BCUT2D eigenvalue weighted by molar-refractivity contribution is 5.71. The minimum Gasteiger partial charge on any atom is -0.508 e. The van der Waals surface area contributed by atoms with Gasteiger partial charge in [-0.3, -0.25) is 0 Å². The highest BCUT2D eigenvalue weighted by Crippen LogP contribution is 2.36. The Kier molecular flexibility index (Phi) is 7.49. The first kappa shape index (κ1) is 21.4. The van der Waals surface area contributed by atoms with Gasteiger partial charge in [-0.1, -0.05) is 50.1 Å². The fraction of sp³-hybridized carbons (Fsp3) is 0.333. The fourth-order valence-corrected chi connectivity index (χ4v) is 3.16. The van der Waals surface area contributed by atoms with Crippen LogP contribution >= 0.6 is 0 Å². The normalized spacial score (nSPS) is 10.6. The molecule has 2 aromatic carbocycles. The maximum atomic E-state index is 9.99. The molecule has 0 radical (unpaired) electrons. The topological polar surface area (TPSA) is 76.5 Å². The second-order valence-corrected chi connectivity index (χ2v) is 7.10. The molecule has 6 heteroatoms. The van der Waals surface area contributed by atoms with E-state index in [0.29, 0.717) is 29.7 Å². The van der Waals surface area contributed by atoms with Crippen molar-refractivity contribution in [3.63, 3.8) is 0 Å². The number of aromatic nitrogens is 2. The minimum absolute atomic E-state index is 0.133. The van der Waals surface area contributed by atoms with Gasteiger partial charge in [0.25, 0.3) is 5.88 Å². The molecule has 0 amide bonds. The largest absolute Gasteiger partial charge is 0.508 e. The van der Waals surface area contributed by atoms with Crippen molar-refractivity contribution in [3.8, 4) is 28.6 Å². The number of rotatable bonds is 10. The van der Waals surface area contributed by atoms with Crippen molar-refractivity contribution in [3.05, 3.63) is 59.8 Å². The Morgan fingerprint density at radius 2 is 1.83 bits per heavy atom. The van der Waals surface area contributed by atoms with E-state index in [2.05, 4.69) is 17.2 Å². The summed E-state index contributed by atoms with van der Waals surface area (Å²) in [7, 11) is 1.59. The number of phenols is 1. The predicted molar refractivity (Wildman–Crippen MR) is 119 cm³/mol. The summed E-state index contributed by atoms with van der Waals surface area (Å²) >= 11 is 0. The van der Waals surface area contributed by atoms with Gasteiger partial charge < -0.3 is 19.9 Å². The summed E-state index contributed by atoms with van der Waals surface area (Å²) in [6.07, 6.45) is 3.39. The average molecular weight is 408 g/mol. The molecular weight excluding hydrogens is 378 g/mol. The molecular formula is C24H29N3O3. The van der Waals surface area contributed by atoms with Crippen LogP contribution in [0.2, 0.25) is 0 Å². The van der Waals surface area contributed by atoms with Gasteiger partial charge in [-0.25, -0.2) is 9.97 Å². The molecule has 3 rings (SSSR count). The zero-order chi connectivity index (χ0) is 21.3. The number of anilines is 1. The van der Waals surface area contributed by atoms with E-state index in [4.69, 9.17) is 14.5 Å². The van der Waals surface area contributed by atoms with E-state index < -0.39 is 0 Å². The smallest absolute Gasteiger partial charge is 0.257 e. The molecule has 3 aromatic rings. The van der Waals surface area contributed by atoms with Gasteiger partial charge in [0.15, 0.2) is 5.82 Å². The number of unbranched alkanes of at least 4 members (excludes halogenated alkanes) is 2. The van der Waals surface area contributed by atoms with Crippen molar-refractivity contribution in [1.29, 1.82) is 0 Å². The van der Waals surface area contributed by atoms with E-state index in [9.17, 15) is 5.11 Å². The van der Waals surface area contributed by atoms with Gasteiger partial charge in [-0.15, -0.1) is 0 Å². The number of aryl methyl sites for hydroxylation is 1. The maximum absolute atomic E-state index is 9.99.